The second-order valence-corrected chi connectivity index (χ2v) is 8.41. The third-order valence-electron chi connectivity index (χ3n) is 3.40. The highest BCUT2D eigenvalue weighted by atomic mass is 35.5. The van der Waals surface area contributed by atoms with E-state index in [1.807, 2.05) is 12.1 Å². The van der Waals surface area contributed by atoms with Crippen molar-refractivity contribution in [3.8, 4) is 0 Å². The van der Waals surface area contributed by atoms with Crippen molar-refractivity contribution in [3.05, 3.63) is 34.9 Å². The molecule has 0 aromatic heterocycles. The molecule has 1 N–H and O–H groups in total. The van der Waals surface area contributed by atoms with Gasteiger partial charge in [-0.25, -0.2) is 8.42 Å². The number of benzene rings is 1. The quantitative estimate of drug-likeness (QED) is 0.907. The summed E-state index contributed by atoms with van der Waals surface area (Å²) in [7, 11) is -3.31. The summed E-state index contributed by atoms with van der Waals surface area (Å²) < 4.78 is 25.9. The summed E-state index contributed by atoms with van der Waals surface area (Å²) in [4.78, 5) is 0. The molecule has 0 spiro atoms. The average molecular weight is 303 g/mol. The van der Waals surface area contributed by atoms with Crippen LogP contribution in [0.4, 0.5) is 0 Å². The van der Waals surface area contributed by atoms with E-state index in [0.717, 1.165) is 5.56 Å². The van der Waals surface area contributed by atoms with Crippen molar-refractivity contribution in [2.45, 2.75) is 25.1 Å². The van der Waals surface area contributed by atoms with Gasteiger partial charge < -0.3 is 5.32 Å². The summed E-state index contributed by atoms with van der Waals surface area (Å²) >= 11 is 5.84. The lowest BCUT2D eigenvalue weighted by Crippen LogP contribution is -2.45. The summed E-state index contributed by atoms with van der Waals surface area (Å²) in [6.45, 7) is 5.56. The lowest BCUT2D eigenvalue weighted by atomic mass is 10.2. The zero-order chi connectivity index (χ0) is 14.1. The number of nitrogens with one attached hydrogen (secondary N) is 1. The Hall–Kier alpha value is -0.620. The second kappa shape index (κ2) is 5.40. The molecule has 1 aliphatic rings. The molecule has 1 aromatic carbocycles. The fourth-order valence-electron chi connectivity index (χ4n) is 2.11. The van der Waals surface area contributed by atoms with E-state index in [0.29, 0.717) is 31.2 Å². The molecule has 1 aliphatic heterocycles. The van der Waals surface area contributed by atoms with Gasteiger partial charge in [0.05, 0.1) is 4.75 Å². The minimum atomic E-state index is -3.31. The topological polar surface area (TPSA) is 49.4 Å². The molecule has 2 rings (SSSR count). The van der Waals surface area contributed by atoms with E-state index in [9.17, 15) is 8.42 Å². The van der Waals surface area contributed by atoms with Crippen LogP contribution >= 0.6 is 11.6 Å². The first-order chi connectivity index (χ1) is 8.83. The fraction of sp³-hybridized carbons (Fsp3) is 0.538. The van der Waals surface area contributed by atoms with E-state index in [-0.39, 0.29) is 0 Å². The van der Waals surface area contributed by atoms with Crippen LogP contribution in [0.2, 0.25) is 5.02 Å². The molecule has 0 amide bonds. The molecule has 0 radical (unpaired) electrons. The van der Waals surface area contributed by atoms with Gasteiger partial charge in [0.15, 0.2) is 0 Å². The molecule has 1 saturated heterocycles. The van der Waals surface area contributed by atoms with Gasteiger partial charge in [0.2, 0.25) is 10.0 Å². The average Bonchev–Trinajstić information content (AvgIpc) is 2.43. The first kappa shape index (κ1) is 14.8. The summed E-state index contributed by atoms with van der Waals surface area (Å²) in [6, 6.07) is 7.29. The minimum Gasteiger partial charge on any atom is -0.314 e. The third kappa shape index (κ3) is 3.11. The largest absolute Gasteiger partial charge is 0.314 e. The monoisotopic (exact) mass is 302 g/mol. The number of hydrogen-bond acceptors (Lipinski definition) is 3. The normalized spacial score (nSPS) is 22.9. The maximum absolute atomic E-state index is 12.6. The van der Waals surface area contributed by atoms with Gasteiger partial charge in [-0.2, -0.15) is 4.31 Å². The molecule has 0 bridgehead atoms. The Bertz CT molecular complexity index is 540. The third-order valence-corrected chi connectivity index (χ3v) is 6.18. The number of hydrogen-bond donors (Lipinski definition) is 1. The van der Waals surface area contributed by atoms with Crippen LogP contribution in [0.3, 0.4) is 0 Å². The van der Waals surface area contributed by atoms with Crippen molar-refractivity contribution in [3.63, 3.8) is 0 Å². The van der Waals surface area contributed by atoms with Gasteiger partial charge in [0.25, 0.3) is 0 Å². The molecule has 19 heavy (non-hydrogen) atoms. The van der Waals surface area contributed by atoms with Crippen molar-refractivity contribution in [2.24, 2.45) is 0 Å². The Morgan fingerprint density at radius 1 is 1.32 bits per heavy atom. The van der Waals surface area contributed by atoms with E-state index in [1.165, 1.54) is 0 Å². The molecule has 0 atom stereocenters. The molecule has 1 fully saturated rings. The summed E-state index contributed by atoms with van der Waals surface area (Å²) in [5, 5.41) is 3.83. The van der Waals surface area contributed by atoms with Crippen LogP contribution in [0.1, 0.15) is 19.4 Å². The maximum atomic E-state index is 12.6. The van der Waals surface area contributed by atoms with E-state index in [1.54, 1.807) is 30.3 Å². The molecular weight excluding hydrogens is 284 g/mol. The molecule has 6 heteroatoms. The van der Waals surface area contributed by atoms with Crippen molar-refractivity contribution in [2.75, 3.05) is 19.6 Å². The Balaban J connectivity index is 2.25. The molecule has 0 unspecified atom stereocenters. The highest BCUT2D eigenvalue weighted by Crippen LogP contribution is 2.24. The molecule has 106 valence electrons. The smallest absolute Gasteiger partial charge is 0.220 e. The zero-order valence-corrected chi connectivity index (χ0v) is 12.8. The van der Waals surface area contributed by atoms with Crippen LogP contribution in [0.15, 0.2) is 24.3 Å². The number of rotatable bonds is 2. The van der Waals surface area contributed by atoms with Crippen molar-refractivity contribution >= 4 is 21.6 Å². The lowest BCUT2D eigenvalue weighted by molar-refractivity contribution is 0.407. The van der Waals surface area contributed by atoms with Crippen molar-refractivity contribution in [1.29, 1.82) is 0 Å². The van der Waals surface area contributed by atoms with Gasteiger partial charge in [-0.05, 0) is 31.5 Å². The highest BCUT2D eigenvalue weighted by Gasteiger charge is 2.40. The van der Waals surface area contributed by atoms with Gasteiger partial charge in [-0.15, -0.1) is 0 Å². The predicted octanol–water partition coefficient (Wildman–Crippen LogP) is 1.85. The van der Waals surface area contributed by atoms with E-state index < -0.39 is 14.8 Å². The standard InChI is InChI=1S/C13H19ClN2O2S/c1-13(2)10-15-7-8-16(19(13,17)18)9-11-3-5-12(14)6-4-11/h3-6,15H,7-10H2,1-2H3. The number of nitrogens with zero attached hydrogens (tertiary/aromatic N) is 1. The van der Waals surface area contributed by atoms with Crippen LogP contribution in [-0.2, 0) is 16.6 Å². The molecule has 1 aromatic rings. The summed E-state index contributed by atoms with van der Waals surface area (Å²) in [5.74, 6) is 0. The minimum absolute atomic E-state index is 0.393. The highest BCUT2D eigenvalue weighted by molar-refractivity contribution is 7.90. The van der Waals surface area contributed by atoms with Gasteiger partial charge in [-0.1, -0.05) is 23.7 Å². The van der Waals surface area contributed by atoms with Crippen LogP contribution in [0, 0.1) is 0 Å². The van der Waals surface area contributed by atoms with Gasteiger partial charge in [0.1, 0.15) is 0 Å². The first-order valence-corrected chi connectivity index (χ1v) is 8.10. The van der Waals surface area contributed by atoms with E-state index in [4.69, 9.17) is 11.6 Å². The predicted molar refractivity (Wildman–Crippen MR) is 77.7 cm³/mol. The van der Waals surface area contributed by atoms with E-state index >= 15 is 0 Å². The van der Waals surface area contributed by atoms with Gasteiger partial charge in [0, 0.05) is 31.2 Å². The number of halogens is 1. The number of sulfonamides is 1. The lowest BCUT2D eigenvalue weighted by Gasteiger charge is -2.29. The molecular formula is C13H19ClN2O2S. The summed E-state index contributed by atoms with van der Waals surface area (Å²) in [6.07, 6.45) is 0. The molecule has 0 saturated carbocycles. The Morgan fingerprint density at radius 3 is 2.58 bits per heavy atom. The van der Waals surface area contributed by atoms with Gasteiger partial charge in [-0.3, -0.25) is 0 Å². The van der Waals surface area contributed by atoms with Gasteiger partial charge >= 0.3 is 0 Å². The SMILES string of the molecule is CC1(C)CNCCN(Cc2ccc(Cl)cc2)S1(=O)=O. The van der Waals surface area contributed by atoms with Crippen LogP contribution in [-0.4, -0.2) is 37.1 Å². The van der Waals surface area contributed by atoms with Crippen molar-refractivity contribution in [1.82, 2.24) is 9.62 Å². The fourth-order valence-corrected chi connectivity index (χ4v) is 3.87. The Morgan fingerprint density at radius 2 is 1.95 bits per heavy atom. The molecule has 1 heterocycles. The maximum Gasteiger partial charge on any atom is 0.220 e. The van der Waals surface area contributed by atoms with Crippen LogP contribution in [0.5, 0.6) is 0 Å². The van der Waals surface area contributed by atoms with Crippen LogP contribution in [0.25, 0.3) is 0 Å². The second-order valence-electron chi connectivity index (χ2n) is 5.40. The Kier molecular flexibility index (Phi) is 4.20. The van der Waals surface area contributed by atoms with Crippen molar-refractivity contribution < 1.29 is 8.42 Å². The zero-order valence-electron chi connectivity index (χ0n) is 11.2. The molecule has 4 nitrogen and oxygen atoms in total. The first-order valence-electron chi connectivity index (χ1n) is 6.28. The van der Waals surface area contributed by atoms with Crippen LogP contribution < -0.4 is 5.32 Å². The summed E-state index contributed by atoms with van der Waals surface area (Å²) in [5.41, 5.74) is 0.950. The molecule has 0 aliphatic carbocycles. The Labute approximate surface area is 119 Å². The van der Waals surface area contributed by atoms with E-state index in [2.05, 4.69) is 5.32 Å².